The lowest BCUT2D eigenvalue weighted by Crippen LogP contribution is -2.46. The highest BCUT2D eigenvalue weighted by atomic mass is 16.5. The summed E-state index contributed by atoms with van der Waals surface area (Å²) in [6.45, 7) is 4.28. The van der Waals surface area contributed by atoms with Crippen molar-refractivity contribution in [1.29, 1.82) is 0 Å². The van der Waals surface area contributed by atoms with Crippen molar-refractivity contribution in [2.45, 2.75) is 38.1 Å². The summed E-state index contributed by atoms with van der Waals surface area (Å²) in [5.41, 5.74) is 1.27. The zero-order valence-corrected chi connectivity index (χ0v) is 13.4. The van der Waals surface area contributed by atoms with Gasteiger partial charge in [-0.2, -0.15) is 0 Å². The number of carbonyl (C=O) groups is 1. The summed E-state index contributed by atoms with van der Waals surface area (Å²) in [4.78, 5) is 17.3. The fraction of sp³-hybridized carbons (Fsp3) is 0.647. The first kappa shape index (κ1) is 15.3. The van der Waals surface area contributed by atoms with Gasteiger partial charge in [0.2, 0.25) is 5.91 Å². The quantitative estimate of drug-likeness (QED) is 0.834. The first-order valence-corrected chi connectivity index (χ1v) is 8.16. The van der Waals surface area contributed by atoms with Crippen LogP contribution in [0.1, 0.15) is 37.7 Å². The maximum absolute atomic E-state index is 11.2. The first-order chi connectivity index (χ1) is 10.6. The molecule has 0 unspecified atom stereocenters. The summed E-state index contributed by atoms with van der Waals surface area (Å²) in [7, 11) is 1.87. The molecular formula is C17H25N3O2. The minimum absolute atomic E-state index is 0.138. The van der Waals surface area contributed by atoms with Crippen LogP contribution in [0.15, 0.2) is 18.5 Å². The molecule has 1 aromatic heterocycles. The first-order valence-electron chi connectivity index (χ1n) is 8.16. The number of hydrogen-bond acceptors (Lipinski definition) is 4. The van der Waals surface area contributed by atoms with E-state index in [-0.39, 0.29) is 5.91 Å². The van der Waals surface area contributed by atoms with Gasteiger partial charge in [0.15, 0.2) is 0 Å². The Labute approximate surface area is 132 Å². The van der Waals surface area contributed by atoms with Gasteiger partial charge < -0.3 is 15.0 Å². The molecule has 1 saturated carbocycles. The zero-order valence-electron chi connectivity index (χ0n) is 13.4. The van der Waals surface area contributed by atoms with Gasteiger partial charge in [-0.15, -0.1) is 0 Å². The average molecular weight is 303 g/mol. The maximum Gasteiger partial charge on any atom is 0.219 e. The van der Waals surface area contributed by atoms with Gasteiger partial charge >= 0.3 is 0 Å². The standard InChI is InChI=1S/C17H25N3O2/c1-12(21)20(2)6-4-13-8-17(13)14-7-16(10-18-9-14)22-11-15-3-5-19-15/h7,9-10,13,15,17,19H,3-6,8,11H2,1-2H3/t13-,15+,17+/m1/s1. The molecule has 2 aliphatic rings. The van der Waals surface area contributed by atoms with E-state index in [0.29, 0.717) is 17.9 Å². The number of hydrogen-bond donors (Lipinski definition) is 1. The lowest BCUT2D eigenvalue weighted by Gasteiger charge is -2.27. The maximum atomic E-state index is 11.2. The number of carbonyl (C=O) groups excluding carboxylic acids is 1. The van der Waals surface area contributed by atoms with Crippen molar-refractivity contribution in [2.24, 2.45) is 5.92 Å². The molecule has 5 nitrogen and oxygen atoms in total. The van der Waals surface area contributed by atoms with Gasteiger partial charge in [0.1, 0.15) is 12.4 Å². The molecule has 0 spiro atoms. The molecule has 1 aliphatic heterocycles. The molecule has 22 heavy (non-hydrogen) atoms. The molecule has 2 fully saturated rings. The van der Waals surface area contributed by atoms with Gasteiger partial charge in [-0.25, -0.2) is 0 Å². The Morgan fingerprint density at radius 1 is 1.50 bits per heavy atom. The summed E-state index contributed by atoms with van der Waals surface area (Å²) >= 11 is 0. The Bertz CT molecular complexity index is 530. The third-order valence-corrected chi connectivity index (χ3v) is 4.83. The number of rotatable bonds is 7. The summed E-state index contributed by atoms with van der Waals surface area (Å²) in [5.74, 6) is 2.27. The predicted molar refractivity (Wildman–Crippen MR) is 84.9 cm³/mol. The van der Waals surface area contributed by atoms with Crippen LogP contribution in [0.2, 0.25) is 0 Å². The van der Waals surface area contributed by atoms with Gasteiger partial charge in [0.05, 0.1) is 6.20 Å². The second kappa shape index (κ2) is 6.65. The smallest absolute Gasteiger partial charge is 0.219 e. The third kappa shape index (κ3) is 3.77. The third-order valence-electron chi connectivity index (χ3n) is 4.83. The Morgan fingerprint density at radius 2 is 2.32 bits per heavy atom. The van der Waals surface area contributed by atoms with Crippen molar-refractivity contribution >= 4 is 5.91 Å². The van der Waals surface area contributed by atoms with E-state index in [1.54, 1.807) is 18.0 Å². The lowest BCUT2D eigenvalue weighted by atomic mass is 10.1. The fourth-order valence-electron chi connectivity index (χ4n) is 2.90. The molecule has 0 radical (unpaired) electrons. The monoisotopic (exact) mass is 303 g/mol. The molecule has 0 bridgehead atoms. The van der Waals surface area contributed by atoms with Crippen molar-refractivity contribution in [3.05, 3.63) is 24.0 Å². The number of pyridine rings is 1. The fourth-order valence-corrected chi connectivity index (χ4v) is 2.90. The van der Waals surface area contributed by atoms with E-state index in [9.17, 15) is 4.79 Å². The average Bonchev–Trinajstić information content (AvgIpc) is 3.23. The Kier molecular flexibility index (Phi) is 4.62. The van der Waals surface area contributed by atoms with E-state index in [0.717, 1.165) is 31.9 Å². The molecule has 1 N–H and O–H groups in total. The van der Waals surface area contributed by atoms with Crippen LogP contribution >= 0.6 is 0 Å². The van der Waals surface area contributed by atoms with Crippen LogP contribution in [0.25, 0.3) is 0 Å². The zero-order chi connectivity index (χ0) is 15.5. The Morgan fingerprint density at radius 3 is 3.00 bits per heavy atom. The lowest BCUT2D eigenvalue weighted by molar-refractivity contribution is -0.127. The van der Waals surface area contributed by atoms with Gasteiger partial charge in [-0.05, 0) is 49.3 Å². The van der Waals surface area contributed by atoms with Crippen LogP contribution in [0, 0.1) is 5.92 Å². The topological polar surface area (TPSA) is 54.5 Å². The van der Waals surface area contributed by atoms with Crippen molar-refractivity contribution in [3.8, 4) is 5.75 Å². The molecule has 1 amide bonds. The molecular weight excluding hydrogens is 278 g/mol. The van der Waals surface area contributed by atoms with Crippen LogP contribution in [0.4, 0.5) is 0 Å². The number of nitrogens with one attached hydrogen (secondary N) is 1. The highest BCUT2D eigenvalue weighted by Crippen LogP contribution is 2.49. The van der Waals surface area contributed by atoms with Gasteiger partial charge in [0.25, 0.3) is 0 Å². The van der Waals surface area contributed by atoms with Gasteiger partial charge in [0, 0.05) is 32.8 Å². The summed E-state index contributed by atoms with van der Waals surface area (Å²) in [6.07, 6.45) is 7.21. The van der Waals surface area contributed by atoms with Crippen LogP contribution in [-0.4, -0.2) is 48.6 Å². The van der Waals surface area contributed by atoms with E-state index >= 15 is 0 Å². The minimum Gasteiger partial charge on any atom is -0.490 e. The van der Waals surface area contributed by atoms with Crippen LogP contribution < -0.4 is 10.1 Å². The van der Waals surface area contributed by atoms with E-state index < -0.39 is 0 Å². The number of nitrogens with zero attached hydrogens (tertiary/aromatic N) is 2. The van der Waals surface area contributed by atoms with E-state index in [1.807, 2.05) is 13.2 Å². The molecule has 1 aromatic rings. The second-order valence-corrected chi connectivity index (χ2v) is 6.54. The number of amides is 1. The Balaban J connectivity index is 1.47. The second-order valence-electron chi connectivity index (χ2n) is 6.54. The van der Waals surface area contributed by atoms with E-state index in [1.165, 1.54) is 18.4 Å². The van der Waals surface area contributed by atoms with Gasteiger partial charge in [-0.1, -0.05) is 0 Å². The Hall–Kier alpha value is -1.62. The van der Waals surface area contributed by atoms with Crippen molar-refractivity contribution in [2.75, 3.05) is 26.7 Å². The number of ether oxygens (including phenoxy) is 1. The molecule has 1 saturated heterocycles. The van der Waals surface area contributed by atoms with E-state index in [4.69, 9.17) is 4.74 Å². The molecule has 3 atom stereocenters. The van der Waals surface area contributed by atoms with Crippen LogP contribution in [-0.2, 0) is 4.79 Å². The molecule has 2 heterocycles. The summed E-state index contributed by atoms with van der Waals surface area (Å²) in [6, 6.07) is 2.63. The molecule has 3 rings (SSSR count). The number of aromatic nitrogens is 1. The van der Waals surface area contributed by atoms with E-state index in [2.05, 4.69) is 16.4 Å². The van der Waals surface area contributed by atoms with Crippen LogP contribution in [0.5, 0.6) is 5.75 Å². The minimum atomic E-state index is 0.138. The van der Waals surface area contributed by atoms with Crippen molar-refractivity contribution in [3.63, 3.8) is 0 Å². The summed E-state index contributed by atoms with van der Waals surface area (Å²) in [5, 5.41) is 3.33. The van der Waals surface area contributed by atoms with Crippen molar-refractivity contribution < 1.29 is 9.53 Å². The largest absolute Gasteiger partial charge is 0.490 e. The normalized spacial score (nSPS) is 26.2. The highest BCUT2D eigenvalue weighted by molar-refractivity contribution is 5.72. The highest BCUT2D eigenvalue weighted by Gasteiger charge is 2.38. The SMILES string of the molecule is CC(=O)N(C)CC[C@@H]1C[C@@H]1c1cncc(OC[C@@H]2CCN2)c1. The molecule has 1 aliphatic carbocycles. The molecule has 0 aromatic carbocycles. The van der Waals surface area contributed by atoms with Crippen LogP contribution in [0.3, 0.4) is 0 Å². The van der Waals surface area contributed by atoms with Crippen molar-refractivity contribution in [1.82, 2.24) is 15.2 Å². The molecule has 120 valence electrons. The predicted octanol–water partition coefficient (Wildman–Crippen LogP) is 1.79. The van der Waals surface area contributed by atoms with Gasteiger partial charge in [-0.3, -0.25) is 9.78 Å². The summed E-state index contributed by atoms with van der Waals surface area (Å²) < 4.78 is 5.82. The molecule has 5 heteroatoms.